The Kier molecular flexibility index (Phi) is 5.80. The molecule has 0 saturated heterocycles. The number of hydrogen-bond donors (Lipinski definition) is 1. The van der Waals surface area contributed by atoms with E-state index in [1.165, 1.54) is 0 Å². The summed E-state index contributed by atoms with van der Waals surface area (Å²) in [5.41, 5.74) is 2.44. The van der Waals surface area contributed by atoms with Gasteiger partial charge in [0.05, 0.1) is 20.3 Å². The van der Waals surface area contributed by atoms with Crippen molar-refractivity contribution in [3.8, 4) is 17.6 Å². The van der Waals surface area contributed by atoms with E-state index in [2.05, 4.69) is 11.4 Å². The molecule has 5 heteroatoms. The summed E-state index contributed by atoms with van der Waals surface area (Å²) in [6.07, 6.45) is 0.265. The Labute approximate surface area is 141 Å². The van der Waals surface area contributed by atoms with Gasteiger partial charge >= 0.3 is 0 Å². The smallest absolute Gasteiger partial charge is 0.242 e. The molecule has 124 valence electrons. The number of aryl methyl sites for hydroxylation is 1. The lowest BCUT2D eigenvalue weighted by Gasteiger charge is -2.14. The molecule has 5 nitrogen and oxygen atoms in total. The largest absolute Gasteiger partial charge is 0.497 e. The standard InChI is InChI=1S/C19H20N2O3/c1-13-6-4-5-7-17(13)21-19(22)15(12-20)10-14-8-9-16(23-2)11-18(14)24-3/h4-9,11,15H,10H2,1-3H3,(H,21,22)/t15-/m0/s1. The maximum Gasteiger partial charge on any atom is 0.242 e. The van der Waals surface area contributed by atoms with Gasteiger partial charge in [0.1, 0.15) is 17.4 Å². The molecule has 0 unspecified atom stereocenters. The van der Waals surface area contributed by atoms with E-state index in [1.807, 2.05) is 37.3 Å². The minimum absolute atomic E-state index is 0.265. The highest BCUT2D eigenvalue weighted by atomic mass is 16.5. The van der Waals surface area contributed by atoms with Gasteiger partial charge in [-0.2, -0.15) is 5.26 Å². The molecule has 0 radical (unpaired) electrons. The Morgan fingerprint density at radius 3 is 2.58 bits per heavy atom. The summed E-state index contributed by atoms with van der Waals surface area (Å²) in [4.78, 5) is 12.4. The van der Waals surface area contributed by atoms with Gasteiger partial charge in [-0.25, -0.2) is 0 Å². The lowest BCUT2D eigenvalue weighted by molar-refractivity contribution is -0.118. The van der Waals surface area contributed by atoms with E-state index in [9.17, 15) is 10.1 Å². The summed E-state index contributed by atoms with van der Waals surface area (Å²) in [7, 11) is 3.12. The van der Waals surface area contributed by atoms with Gasteiger partial charge in [0.15, 0.2) is 0 Å². The van der Waals surface area contributed by atoms with Gasteiger partial charge in [0.25, 0.3) is 0 Å². The maximum atomic E-state index is 12.4. The summed E-state index contributed by atoms with van der Waals surface area (Å²) in [6.45, 7) is 1.91. The third-order valence-electron chi connectivity index (χ3n) is 3.79. The van der Waals surface area contributed by atoms with Crippen LogP contribution in [0.15, 0.2) is 42.5 Å². The van der Waals surface area contributed by atoms with Crippen LogP contribution in [0.2, 0.25) is 0 Å². The van der Waals surface area contributed by atoms with Crippen molar-refractivity contribution in [1.82, 2.24) is 0 Å². The van der Waals surface area contributed by atoms with Crippen molar-refractivity contribution in [1.29, 1.82) is 5.26 Å². The van der Waals surface area contributed by atoms with Gasteiger partial charge in [0.2, 0.25) is 5.91 Å². The number of anilines is 1. The molecule has 0 heterocycles. The Balaban J connectivity index is 2.16. The maximum absolute atomic E-state index is 12.4. The third-order valence-corrected chi connectivity index (χ3v) is 3.79. The topological polar surface area (TPSA) is 71.3 Å². The van der Waals surface area contributed by atoms with Gasteiger partial charge < -0.3 is 14.8 Å². The molecular formula is C19H20N2O3. The summed E-state index contributed by atoms with van der Waals surface area (Å²) in [5.74, 6) is 0.114. The number of nitrogens with one attached hydrogen (secondary N) is 1. The summed E-state index contributed by atoms with van der Waals surface area (Å²) >= 11 is 0. The number of hydrogen-bond acceptors (Lipinski definition) is 4. The second kappa shape index (κ2) is 8.02. The highest BCUT2D eigenvalue weighted by molar-refractivity contribution is 5.95. The first kappa shape index (κ1) is 17.4. The number of methoxy groups -OCH3 is 2. The molecule has 0 aliphatic heterocycles. The zero-order valence-electron chi connectivity index (χ0n) is 14.0. The number of ether oxygens (including phenoxy) is 2. The monoisotopic (exact) mass is 324 g/mol. The normalized spacial score (nSPS) is 11.2. The summed E-state index contributed by atoms with van der Waals surface area (Å²) in [5, 5.41) is 12.2. The van der Waals surface area contributed by atoms with Crippen molar-refractivity contribution >= 4 is 11.6 Å². The van der Waals surface area contributed by atoms with Gasteiger partial charge in [-0.3, -0.25) is 4.79 Å². The number of rotatable bonds is 6. The SMILES string of the molecule is COc1ccc(C[C@@H](C#N)C(=O)Nc2ccccc2C)c(OC)c1. The number of carbonyl (C=O) groups is 1. The fraction of sp³-hybridized carbons (Fsp3) is 0.263. The quantitative estimate of drug-likeness (QED) is 0.884. The number of amides is 1. The van der Waals surface area contributed by atoms with Crippen LogP contribution in [0.5, 0.6) is 11.5 Å². The van der Waals surface area contributed by atoms with Gasteiger partial charge in [-0.1, -0.05) is 24.3 Å². The second-order valence-corrected chi connectivity index (χ2v) is 5.37. The van der Waals surface area contributed by atoms with E-state index >= 15 is 0 Å². The van der Waals surface area contributed by atoms with Crippen LogP contribution in [0.25, 0.3) is 0 Å². The van der Waals surface area contributed by atoms with E-state index < -0.39 is 5.92 Å². The van der Waals surface area contributed by atoms with Crippen LogP contribution in [0.3, 0.4) is 0 Å². The zero-order valence-corrected chi connectivity index (χ0v) is 14.0. The van der Waals surface area contributed by atoms with Crippen LogP contribution >= 0.6 is 0 Å². The Hall–Kier alpha value is -3.00. The van der Waals surface area contributed by atoms with Crippen LogP contribution < -0.4 is 14.8 Å². The van der Waals surface area contributed by atoms with Crippen LogP contribution in [-0.2, 0) is 11.2 Å². The highest BCUT2D eigenvalue weighted by Crippen LogP contribution is 2.27. The van der Waals surface area contributed by atoms with Gasteiger partial charge in [-0.05, 0) is 30.2 Å². The molecule has 24 heavy (non-hydrogen) atoms. The van der Waals surface area contributed by atoms with E-state index in [-0.39, 0.29) is 12.3 Å². The third kappa shape index (κ3) is 4.05. The molecule has 0 spiro atoms. The number of nitrogens with zero attached hydrogens (tertiary/aromatic N) is 1. The average molecular weight is 324 g/mol. The molecule has 0 aliphatic carbocycles. The average Bonchev–Trinajstić information content (AvgIpc) is 2.61. The van der Waals surface area contributed by atoms with Crippen molar-refractivity contribution in [3.63, 3.8) is 0 Å². The lowest BCUT2D eigenvalue weighted by Crippen LogP contribution is -2.24. The number of nitriles is 1. The molecule has 0 bridgehead atoms. The number of carbonyl (C=O) groups excluding carboxylic acids is 1. The first-order valence-corrected chi connectivity index (χ1v) is 7.56. The molecule has 1 atom stereocenters. The number of para-hydroxylation sites is 1. The highest BCUT2D eigenvalue weighted by Gasteiger charge is 2.21. The van der Waals surface area contributed by atoms with Crippen LogP contribution in [0.1, 0.15) is 11.1 Å². The van der Waals surface area contributed by atoms with Crippen LogP contribution in [-0.4, -0.2) is 20.1 Å². The molecule has 0 fully saturated rings. The van der Waals surface area contributed by atoms with E-state index in [4.69, 9.17) is 9.47 Å². The number of benzene rings is 2. The van der Waals surface area contributed by atoms with E-state index in [0.717, 1.165) is 11.1 Å². The zero-order chi connectivity index (χ0) is 17.5. The summed E-state index contributed by atoms with van der Waals surface area (Å²) < 4.78 is 10.5. The predicted molar refractivity (Wildman–Crippen MR) is 92.2 cm³/mol. The van der Waals surface area contributed by atoms with Crippen molar-refractivity contribution < 1.29 is 14.3 Å². The Morgan fingerprint density at radius 1 is 1.21 bits per heavy atom. The molecular weight excluding hydrogens is 304 g/mol. The first-order chi connectivity index (χ1) is 11.6. The van der Waals surface area contributed by atoms with E-state index in [1.54, 1.807) is 26.4 Å². The molecule has 1 N–H and O–H groups in total. The molecule has 1 amide bonds. The van der Waals surface area contributed by atoms with Crippen molar-refractivity contribution in [2.45, 2.75) is 13.3 Å². The Bertz CT molecular complexity index is 765. The molecule has 0 aromatic heterocycles. The predicted octanol–water partition coefficient (Wildman–Crippen LogP) is 3.33. The summed E-state index contributed by atoms with van der Waals surface area (Å²) in [6, 6.07) is 14.9. The van der Waals surface area contributed by atoms with Gasteiger partial charge in [0, 0.05) is 18.2 Å². The fourth-order valence-corrected chi connectivity index (χ4v) is 2.37. The van der Waals surface area contributed by atoms with Crippen LogP contribution in [0, 0.1) is 24.2 Å². The first-order valence-electron chi connectivity index (χ1n) is 7.56. The van der Waals surface area contributed by atoms with Crippen LogP contribution in [0.4, 0.5) is 5.69 Å². The van der Waals surface area contributed by atoms with Crippen molar-refractivity contribution in [3.05, 3.63) is 53.6 Å². The molecule has 2 rings (SSSR count). The minimum Gasteiger partial charge on any atom is -0.497 e. The molecule has 0 saturated carbocycles. The van der Waals surface area contributed by atoms with E-state index in [0.29, 0.717) is 17.2 Å². The Morgan fingerprint density at radius 2 is 1.96 bits per heavy atom. The second-order valence-electron chi connectivity index (χ2n) is 5.37. The molecule has 2 aromatic carbocycles. The minimum atomic E-state index is -0.813. The molecule has 2 aromatic rings. The lowest BCUT2D eigenvalue weighted by atomic mass is 9.98. The van der Waals surface area contributed by atoms with Gasteiger partial charge in [-0.15, -0.1) is 0 Å². The van der Waals surface area contributed by atoms with Crippen molar-refractivity contribution in [2.75, 3.05) is 19.5 Å². The molecule has 0 aliphatic rings. The fourth-order valence-electron chi connectivity index (χ4n) is 2.37. The van der Waals surface area contributed by atoms with Crippen molar-refractivity contribution in [2.24, 2.45) is 5.92 Å².